The molecule has 4 aliphatic carbocycles. The van der Waals surface area contributed by atoms with Gasteiger partial charge < -0.3 is 24.8 Å². The number of ether oxygens (including phenoxy) is 2. The Morgan fingerprint density at radius 2 is 1.80 bits per heavy atom. The normalized spacial score (nSPS) is 42.3. The van der Waals surface area contributed by atoms with E-state index in [1.807, 2.05) is 36.4 Å². The third kappa shape index (κ3) is 3.88. The minimum atomic E-state index is -2.29. The van der Waals surface area contributed by atoms with E-state index >= 15 is 8.78 Å². The second-order valence-corrected chi connectivity index (χ2v) is 14.6. The zero-order chi connectivity index (χ0) is 31.2. The minimum Gasteiger partial charge on any atom is -0.392 e. The lowest BCUT2D eigenvalue weighted by Crippen LogP contribution is -2.70. The number of aliphatic hydroxyl groups excluding tert-OH is 3. The van der Waals surface area contributed by atoms with Crippen molar-refractivity contribution in [2.75, 3.05) is 6.61 Å². The Bertz CT molecular complexity index is 1570. The first-order valence-electron chi connectivity index (χ1n) is 15.1. The maximum absolute atomic E-state index is 17.5. The highest BCUT2D eigenvalue weighted by Gasteiger charge is 2.80. The second-order valence-electron chi connectivity index (χ2n) is 13.4. The highest BCUT2D eigenvalue weighted by Crippen LogP contribution is 2.72. The van der Waals surface area contributed by atoms with Gasteiger partial charge in [-0.1, -0.05) is 37.3 Å². The van der Waals surface area contributed by atoms with E-state index in [1.165, 1.54) is 30.4 Å². The molecule has 44 heavy (non-hydrogen) atoms. The van der Waals surface area contributed by atoms with Gasteiger partial charge in [0.1, 0.15) is 12.8 Å². The van der Waals surface area contributed by atoms with Gasteiger partial charge in [0.05, 0.1) is 23.7 Å². The molecule has 10 heteroatoms. The van der Waals surface area contributed by atoms with Crippen LogP contribution in [0.4, 0.5) is 8.78 Å². The average molecular weight is 627 g/mol. The Hall–Kier alpha value is -2.60. The predicted octanol–water partition coefficient (Wildman–Crippen LogP) is 4.47. The summed E-state index contributed by atoms with van der Waals surface area (Å²) in [7, 11) is 0. The molecule has 0 unspecified atom stereocenters. The molecule has 0 spiro atoms. The molecule has 0 amide bonds. The molecule has 3 saturated carbocycles. The molecule has 1 aliphatic heterocycles. The summed E-state index contributed by atoms with van der Waals surface area (Å²) in [5.41, 5.74) is -4.71. The van der Waals surface area contributed by atoms with Crippen LogP contribution in [0, 0.1) is 22.7 Å². The van der Waals surface area contributed by atoms with E-state index in [2.05, 4.69) is 0 Å². The predicted molar refractivity (Wildman–Crippen MR) is 157 cm³/mol. The van der Waals surface area contributed by atoms with Gasteiger partial charge in [-0.25, -0.2) is 8.78 Å². The molecule has 234 valence electrons. The number of aliphatic hydroxyl groups is 3. The number of fused-ring (bicyclic) bond motifs is 7. The summed E-state index contributed by atoms with van der Waals surface area (Å²) in [4.78, 5) is 27.6. The smallest absolute Gasteiger partial charge is 0.194 e. The summed E-state index contributed by atoms with van der Waals surface area (Å²) >= 11 is 1.48. The number of halogens is 2. The lowest BCUT2D eigenvalue weighted by atomic mass is 9.44. The summed E-state index contributed by atoms with van der Waals surface area (Å²) in [5, 5.41) is 31.1. The van der Waals surface area contributed by atoms with E-state index < -0.39 is 76.8 Å². The first kappa shape index (κ1) is 30.1. The number of ketones is 2. The summed E-state index contributed by atoms with van der Waals surface area (Å²) in [5.74, 6) is -2.60. The number of carbonyl (C=O) groups is 2. The van der Waals surface area contributed by atoms with Gasteiger partial charge in [0.2, 0.25) is 0 Å². The summed E-state index contributed by atoms with van der Waals surface area (Å²) in [6.45, 7) is 2.46. The lowest BCUT2D eigenvalue weighted by molar-refractivity contribution is -0.234. The summed E-state index contributed by atoms with van der Waals surface area (Å²) in [6.07, 6.45) is -0.719. The molecule has 0 radical (unpaired) electrons. The number of carbonyl (C=O) groups excluding carboxylic acids is 2. The largest absolute Gasteiger partial charge is 0.392 e. The number of thiophene rings is 1. The van der Waals surface area contributed by atoms with Crippen molar-refractivity contribution in [3.05, 3.63) is 81.1 Å². The van der Waals surface area contributed by atoms with Crippen LogP contribution in [0.25, 0.3) is 0 Å². The van der Waals surface area contributed by atoms with Crippen molar-refractivity contribution in [1.82, 2.24) is 0 Å². The molecule has 3 N–H and O–H groups in total. The summed E-state index contributed by atoms with van der Waals surface area (Å²) in [6, 6.07) is 11.5. The van der Waals surface area contributed by atoms with Crippen LogP contribution in [0.5, 0.6) is 0 Å². The molecule has 1 aromatic carbocycles. The minimum absolute atomic E-state index is 0.0249. The van der Waals surface area contributed by atoms with Crippen LogP contribution in [0.2, 0.25) is 0 Å². The van der Waals surface area contributed by atoms with E-state index in [9.17, 15) is 24.9 Å². The van der Waals surface area contributed by atoms with Crippen molar-refractivity contribution >= 4 is 22.9 Å². The Labute approximate surface area is 258 Å². The number of rotatable bonds is 6. The van der Waals surface area contributed by atoms with E-state index in [0.717, 1.165) is 27.0 Å². The van der Waals surface area contributed by atoms with Crippen LogP contribution in [-0.2, 0) is 32.1 Å². The van der Waals surface area contributed by atoms with Gasteiger partial charge in [-0.3, -0.25) is 9.59 Å². The Morgan fingerprint density at radius 3 is 2.50 bits per heavy atom. The number of benzene rings is 1. The Kier molecular flexibility index (Phi) is 6.97. The molecule has 7 nitrogen and oxygen atoms in total. The zero-order valence-corrected chi connectivity index (χ0v) is 25.4. The van der Waals surface area contributed by atoms with Crippen molar-refractivity contribution in [3.8, 4) is 0 Å². The molecular weight excluding hydrogens is 590 g/mol. The molecule has 7 rings (SSSR count). The van der Waals surface area contributed by atoms with Crippen LogP contribution >= 0.6 is 11.3 Å². The quantitative estimate of drug-likeness (QED) is 0.434. The molecule has 1 aromatic heterocycles. The van der Waals surface area contributed by atoms with Gasteiger partial charge in [0.15, 0.2) is 29.1 Å². The molecule has 0 bridgehead atoms. The molecule has 1 saturated heterocycles. The standard InChI is InChI=1S/C34H36F2O7S/c1-31-10-9-20(39)12-24(31)25(35)13-23-22-14-29-34(28(41)17-38,32(22,2)15-27(40)33(23,31)36)43-30(42-29)26-8-7-21(44-26)11-18-3-5-19(16-37)6-4-18/h3-10,12,22-23,25,27,29-30,37-38,40H,11,13-17H2,1-2H3/t22-,23-,25-,27-,29+,30+,31-,32-,33-,34+/m0/s1. The van der Waals surface area contributed by atoms with E-state index in [4.69, 9.17) is 9.47 Å². The number of Topliss-reactive ketones (excluding diaryl/α,β-unsaturated/α-hetero) is 1. The van der Waals surface area contributed by atoms with Gasteiger partial charge in [-0.15, -0.1) is 11.3 Å². The fourth-order valence-corrected chi connectivity index (χ4v) is 10.3. The zero-order valence-electron chi connectivity index (χ0n) is 24.5. The van der Waals surface area contributed by atoms with Gasteiger partial charge in [-0.05, 0) is 73.1 Å². The monoisotopic (exact) mass is 626 g/mol. The Balaban J connectivity index is 1.21. The molecular formula is C34H36F2O7S. The molecule has 4 fully saturated rings. The average Bonchev–Trinajstić information content (AvgIpc) is 3.69. The van der Waals surface area contributed by atoms with Crippen molar-refractivity contribution in [2.45, 2.75) is 82.1 Å². The highest BCUT2D eigenvalue weighted by molar-refractivity contribution is 7.12. The molecule has 2 heterocycles. The van der Waals surface area contributed by atoms with Crippen LogP contribution in [0.1, 0.15) is 60.3 Å². The van der Waals surface area contributed by atoms with Crippen molar-refractivity contribution in [1.29, 1.82) is 0 Å². The fourth-order valence-electron chi connectivity index (χ4n) is 9.27. The number of alkyl halides is 2. The number of hydrogen-bond acceptors (Lipinski definition) is 8. The van der Waals surface area contributed by atoms with E-state index in [1.54, 1.807) is 6.92 Å². The third-order valence-corrected chi connectivity index (χ3v) is 12.5. The van der Waals surface area contributed by atoms with Crippen molar-refractivity contribution in [3.63, 3.8) is 0 Å². The first-order chi connectivity index (χ1) is 20.9. The Morgan fingerprint density at radius 1 is 1.07 bits per heavy atom. The second kappa shape index (κ2) is 10.2. The van der Waals surface area contributed by atoms with E-state index in [0.29, 0.717) is 6.42 Å². The van der Waals surface area contributed by atoms with Crippen molar-refractivity contribution in [2.24, 2.45) is 22.7 Å². The number of hydrogen-bond donors (Lipinski definition) is 3. The maximum Gasteiger partial charge on any atom is 0.194 e. The van der Waals surface area contributed by atoms with Crippen molar-refractivity contribution < 1.29 is 43.2 Å². The SMILES string of the molecule is C[C@]12C=CC(=O)C=C1[C@@H](F)C[C@H]1[C@@H]3C[C@H]4O[C@@H](c5ccc(Cc6ccc(CO)cc6)s5)O[C@@]4(C(=O)CO)[C@@]3(C)C[C@H](O)[C@@]12F. The van der Waals surface area contributed by atoms with Gasteiger partial charge >= 0.3 is 0 Å². The van der Waals surface area contributed by atoms with Crippen LogP contribution in [-0.4, -0.2) is 63.1 Å². The van der Waals surface area contributed by atoms with Crippen LogP contribution in [0.15, 0.2) is 60.2 Å². The van der Waals surface area contributed by atoms with Crippen LogP contribution < -0.4 is 0 Å². The van der Waals surface area contributed by atoms with Gasteiger partial charge in [0, 0.05) is 28.0 Å². The fraction of sp³-hybridized carbons (Fsp3) is 0.529. The molecule has 2 aromatic rings. The number of allylic oxidation sites excluding steroid dienone is 4. The molecule has 10 atom stereocenters. The van der Waals surface area contributed by atoms with E-state index in [-0.39, 0.29) is 31.4 Å². The topological polar surface area (TPSA) is 113 Å². The summed E-state index contributed by atoms with van der Waals surface area (Å²) < 4.78 is 46.3. The van der Waals surface area contributed by atoms with Gasteiger partial charge in [0.25, 0.3) is 0 Å². The first-order valence-corrected chi connectivity index (χ1v) is 15.9. The highest BCUT2D eigenvalue weighted by atomic mass is 32.1. The third-order valence-electron chi connectivity index (χ3n) is 11.4. The van der Waals surface area contributed by atoms with Crippen LogP contribution in [0.3, 0.4) is 0 Å². The molecule has 5 aliphatic rings. The van der Waals surface area contributed by atoms with Gasteiger partial charge in [-0.2, -0.15) is 0 Å². The lowest BCUT2D eigenvalue weighted by Gasteiger charge is -2.63. The maximum atomic E-state index is 17.5.